The summed E-state index contributed by atoms with van der Waals surface area (Å²) in [5, 5.41) is 6.93. The van der Waals surface area contributed by atoms with Crippen LogP contribution in [0.15, 0.2) is 235 Å². The van der Waals surface area contributed by atoms with Gasteiger partial charge in [0.25, 0.3) is 0 Å². The summed E-state index contributed by atoms with van der Waals surface area (Å²) in [6, 6.07) is 82.7. The Morgan fingerprint density at radius 1 is 0.361 bits per heavy atom. The van der Waals surface area contributed by atoms with Crippen LogP contribution in [-0.2, 0) is 0 Å². The van der Waals surface area contributed by atoms with Crippen LogP contribution in [-0.4, -0.2) is 4.57 Å². The lowest BCUT2D eigenvalue weighted by Crippen LogP contribution is -2.11. The van der Waals surface area contributed by atoms with Crippen LogP contribution in [0, 0.1) is 0 Å². The molecule has 3 nitrogen and oxygen atoms in total. The Labute approximate surface area is 353 Å². The molecule has 0 aliphatic rings. The van der Waals surface area contributed by atoms with Gasteiger partial charge >= 0.3 is 0 Å². The van der Waals surface area contributed by atoms with Gasteiger partial charge in [-0.3, -0.25) is 0 Å². The lowest BCUT2D eigenvalue weighted by Gasteiger charge is -2.29. The number of furan rings is 1. The highest BCUT2D eigenvalue weighted by Crippen LogP contribution is 2.50. The van der Waals surface area contributed by atoms with Gasteiger partial charge in [-0.25, -0.2) is 0 Å². The maximum absolute atomic E-state index is 7.14. The van der Waals surface area contributed by atoms with Gasteiger partial charge in [0.05, 0.1) is 27.8 Å². The number of benzene rings is 10. The van der Waals surface area contributed by atoms with Crippen LogP contribution in [0.3, 0.4) is 0 Å². The molecule has 2 heterocycles. The molecule has 0 bridgehead atoms. The highest BCUT2D eigenvalue weighted by atomic mass is 16.3. The van der Waals surface area contributed by atoms with Crippen LogP contribution in [0.5, 0.6) is 0 Å². The van der Waals surface area contributed by atoms with Gasteiger partial charge in [-0.15, -0.1) is 0 Å². The van der Waals surface area contributed by atoms with E-state index in [9.17, 15) is 0 Å². The van der Waals surface area contributed by atoms with E-state index in [-0.39, 0.29) is 0 Å². The molecule has 10 aromatic carbocycles. The van der Waals surface area contributed by atoms with Crippen LogP contribution < -0.4 is 4.90 Å². The Morgan fingerprint density at radius 2 is 0.984 bits per heavy atom. The fraction of sp³-hybridized carbons (Fsp3) is 0. The third-order valence-electron chi connectivity index (χ3n) is 12.2. The fourth-order valence-electron chi connectivity index (χ4n) is 9.41. The van der Waals surface area contributed by atoms with Gasteiger partial charge in [-0.1, -0.05) is 164 Å². The van der Waals surface area contributed by atoms with E-state index in [4.69, 9.17) is 4.42 Å². The minimum atomic E-state index is 0.859. The highest BCUT2D eigenvalue weighted by molar-refractivity contribution is 6.25. The molecule has 286 valence electrons. The Hall–Kier alpha value is -8.14. The third-order valence-corrected chi connectivity index (χ3v) is 12.2. The van der Waals surface area contributed by atoms with E-state index < -0.39 is 0 Å². The molecular weight excluding hydrogens is 741 g/mol. The van der Waals surface area contributed by atoms with Crippen molar-refractivity contribution in [3.8, 4) is 39.1 Å². The largest absolute Gasteiger partial charge is 0.455 e. The van der Waals surface area contributed by atoms with Gasteiger partial charge in [-0.2, -0.15) is 0 Å². The number of hydrogen-bond acceptors (Lipinski definition) is 2. The molecule has 0 atom stereocenters. The zero-order chi connectivity index (χ0) is 40.3. The Morgan fingerprint density at radius 3 is 1.79 bits per heavy atom. The molecule has 0 saturated heterocycles. The van der Waals surface area contributed by atoms with Crippen LogP contribution >= 0.6 is 0 Å². The van der Waals surface area contributed by atoms with Crippen molar-refractivity contribution >= 4 is 71.6 Å². The van der Waals surface area contributed by atoms with Crippen molar-refractivity contribution < 1.29 is 4.42 Å². The zero-order valence-electron chi connectivity index (χ0n) is 33.2. The molecule has 0 amide bonds. The summed E-state index contributed by atoms with van der Waals surface area (Å²) in [6.07, 6.45) is 0. The Kier molecular flexibility index (Phi) is 8.17. The van der Waals surface area contributed by atoms with Gasteiger partial charge in [0.1, 0.15) is 11.2 Å². The number of aromatic nitrogens is 1. The summed E-state index contributed by atoms with van der Waals surface area (Å²) in [5.74, 6) is 0. The van der Waals surface area contributed by atoms with E-state index in [2.05, 4.69) is 240 Å². The smallest absolute Gasteiger partial charge is 0.145 e. The Balaban J connectivity index is 1.14. The zero-order valence-corrected chi connectivity index (χ0v) is 33.2. The molecule has 0 aliphatic heterocycles. The van der Waals surface area contributed by atoms with Crippen molar-refractivity contribution in [2.45, 2.75) is 0 Å². The maximum Gasteiger partial charge on any atom is 0.145 e. The standard InChI is InChI=1S/C58H38N2O/c1-4-16-39(17-5-1)40-28-32-45(33-29-40)60(51-26-14-12-23-46(51)41-18-6-2-7-19-41)54-36-34-48(58-57(54)56-47-24-11-10-20-42(47)31-37-55(56)61-58)43-30-35-53-50(38-43)49-25-13-15-27-52(49)59(53)44-21-8-3-9-22-44/h1-38H. The monoisotopic (exact) mass is 778 g/mol. The SMILES string of the molecule is c1ccc(-c2ccc(N(c3ccccc3-c3ccccc3)c3ccc(-c4ccc5c(c4)c4ccccc4n5-c4ccccc4)c4oc5ccc6ccccc6c5c34)cc2)cc1. The second-order valence-corrected chi connectivity index (χ2v) is 15.6. The number of anilines is 3. The molecule has 0 spiro atoms. The molecule has 3 heteroatoms. The van der Waals surface area contributed by atoms with E-state index in [0.717, 1.165) is 72.3 Å². The van der Waals surface area contributed by atoms with Crippen molar-refractivity contribution in [2.24, 2.45) is 0 Å². The summed E-state index contributed by atoms with van der Waals surface area (Å²) < 4.78 is 9.51. The number of para-hydroxylation sites is 3. The number of rotatable bonds is 7. The van der Waals surface area contributed by atoms with Crippen molar-refractivity contribution in [2.75, 3.05) is 4.90 Å². The predicted octanol–water partition coefficient (Wildman–Crippen LogP) is 16.3. The van der Waals surface area contributed by atoms with Gasteiger partial charge in [0, 0.05) is 38.7 Å². The van der Waals surface area contributed by atoms with Crippen LogP contribution in [0.25, 0.3) is 93.6 Å². The first kappa shape index (κ1) is 34.9. The minimum Gasteiger partial charge on any atom is -0.455 e. The number of hydrogen-bond donors (Lipinski definition) is 0. The molecule has 12 rings (SSSR count). The predicted molar refractivity (Wildman–Crippen MR) is 257 cm³/mol. The van der Waals surface area contributed by atoms with Gasteiger partial charge in [0.2, 0.25) is 0 Å². The average Bonchev–Trinajstić information content (AvgIpc) is 3.90. The van der Waals surface area contributed by atoms with Crippen LogP contribution in [0.1, 0.15) is 0 Å². The molecule has 0 N–H and O–H groups in total. The minimum absolute atomic E-state index is 0.859. The lowest BCUT2D eigenvalue weighted by molar-refractivity contribution is 0.670. The number of nitrogens with zero attached hydrogens (tertiary/aromatic N) is 2. The van der Waals surface area contributed by atoms with Crippen molar-refractivity contribution in [3.05, 3.63) is 231 Å². The summed E-state index contributed by atoms with van der Waals surface area (Å²) >= 11 is 0. The van der Waals surface area contributed by atoms with Crippen molar-refractivity contribution in [3.63, 3.8) is 0 Å². The third kappa shape index (κ3) is 5.74. The van der Waals surface area contributed by atoms with Crippen LogP contribution in [0.4, 0.5) is 17.1 Å². The van der Waals surface area contributed by atoms with E-state index >= 15 is 0 Å². The summed E-state index contributed by atoms with van der Waals surface area (Å²) in [4.78, 5) is 2.43. The normalized spacial score (nSPS) is 11.6. The first-order valence-corrected chi connectivity index (χ1v) is 20.8. The van der Waals surface area contributed by atoms with Gasteiger partial charge in [0.15, 0.2) is 0 Å². The Bertz CT molecular complexity index is 3570. The summed E-state index contributed by atoms with van der Waals surface area (Å²) in [6.45, 7) is 0. The molecule has 0 fully saturated rings. The molecular formula is C58H38N2O. The molecule has 0 saturated carbocycles. The van der Waals surface area contributed by atoms with Crippen molar-refractivity contribution in [1.82, 2.24) is 4.57 Å². The highest BCUT2D eigenvalue weighted by Gasteiger charge is 2.25. The second kappa shape index (κ2) is 14.3. The topological polar surface area (TPSA) is 21.3 Å². The van der Waals surface area contributed by atoms with E-state index in [1.54, 1.807) is 0 Å². The van der Waals surface area contributed by atoms with E-state index in [0.29, 0.717) is 0 Å². The van der Waals surface area contributed by atoms with Crippen molar-refractivity contribution in [1.29, 1.82) is 0 Å². The molecule has 0 radical (unpaired) electrons. The maximum atomic E-state index is 7.14. The quantitative estimate of drug-likeness (QED) is 0.161. The summed E-state index contributed by atoms with van der Waals surface area (Å²) in [5.41, 5.74) is 15.2. The lowest BCUT2D eigenvalue weighted by atomic mass is 9.96. The molecule has 0 unspecified atom stereocenters. The van der Waals surface area contributed by atoms with E-state index in [1.807, 2.05) is 0 Å². The molecule has 12 aromatic rings. The average molecular weight is 779 g/mol. The molecule has 61 heavy (non-hydrogen) atoms. The second-order valence-electron chi connectivity index (χ2n) is 15.6. The van der Waals surface area contributed by atoms with Crippen LogP contribution in [0.2, 0.25) is 0 Å². The van der Waals surface area contributed by atoms with E-state index in [1.165, 1.54) is 38.3 Å². The first-order chi connectivity index (χ1) is 30.3. The fourth-order valence-corrected chi connectivity index (χ4v) is 9.41. The first-order valence-electron chi connectivity index (χ1n) is 20.8. The molecule has 2 aromatic heterocycles. The van der Waals surface area contributed by atoms with Gasteiger partial charge in [-0.05, 0) is 99.8 Å². The molecule has 0 aliphatic carbocycles. The van der Waals surface area contributed by atoms with Gasteiger partial charge < -0.3 is 13.9 Å². The number of fused-ring (bicyclic) bond motifs is 8. The summed E-state index contributed by atoms with van der Waals surface area (Å²) in [7, 11) is 0.